The zero-order valence-electron chi connectivity index (χ0n) is 10.8. The van der Waals surface area contributed by atoms with Gasteiger partial charge in [-0.3, -0.25) is 0 Å². The minimum absolute atomic E-state index is 0.270. The van der Waals surface area contributed by atoms with Gasteiger partial charge >= 0.3 is 0 Å². The molecule has 3 heteroatoms. The van der Waals surface area contributed by atoms with Gasteiger partial charge < -0.3 is 5.32 Å². The molecule has 0 aliphatic carbocycles. The number of hydrogen-bond acceptors (Lipinski definition) is 1. The second-order valence-corrected chi connectivity index (χ2v) is 5.35. The largest absolute Gasteiger partial charge is 0.314 e. The lowest BCUT2D eigenvalue weighted by Crippen LogP contribution is -2.28. The molecule has 1 atom stereocenters. The molecule has 1 unspecified atom stereocenters. The first-order valence-corrected chi connectivity index (χ1v) is 6.54. The molecule has 0 amide bonds. The van der Waals surface area contributed by atoms with Crippen molar-refractivity contribution >= 4 is 11.6 Å². The van der Waals surface area contributed by atoms with Crippen LogP contribution in [0.4, 0.5) is 4.39 Å². The summed E-state index contributed by atoms with van der Waals surface area (Å²) in [4.78, 5) is 0. The Morgan fingerprint density at radius 2 is 2.00 bits per heavy atom. The van der Waals surface area contributed by atoms with Crippen LogP contribution >= 0.6 is 11.6 Å². The number of halogens is 2. The smallest absolute Gasteiger partial charge is 0.124 e. The molecular formula is C14H21ClFN. The molecule has 1 rings (SSSR count). The van der Waals surface area contributed by atoms with Gasteiger partial charge in [0.2, 0.25) is 0 Å². The third-order valence-corrected chi connectivity index (χ3v) is 3.15. The van der Waals surface area contributed by atoms with E-state index < -0.39 is 0 Å². The molecule has 0 fully saturated rings. The molecule has 17 heavy (non-hydrogen) atoms. The first-order valence-electron chi connectivity index (χ1n) is 6.16. The molecule has 0 radical (unpaired) electrons. The number of benzene rings is 1. The standard InChI is InChI=1S/C14H21ClFN/c1-10(2)17-9-11(3)4-5-12-6-7-13(16)8-14(12)15/h6-8,10-11,17H,4-5,9H2,1-3H3. The summed E-state index contributed by atoms with van der Waals surface area (Å²) in [6, 6.07) is 5.15. The molecule has 1 aromatic carbocycles. The Kier molecular flexibility index (Phi) is 5.93. The van der Waals surface area contributed by atoms with E-state index in [1.165, 1.54) is 12.1 Å². The maximum atomic E-state index is 12.9. The molecule has 1 aromatic rings. The van der Waals surface area contributed by atoms with Gasteiger partial charge in [-0.1, -0.05) is 38.4 Å². The van der Waals surface area contributed by atoms with Crippen molar-refractivity contribution in [2.24, 2.45) is 5.92 Å². The topological polar surface area (TPSA) is 12.0 Å². The quantitative estimate of drug-likeness (QED) is 0.811. The Hall–Kier alpha value is -0.600. The highest BCUT2D eigenvalue weighted by atomic mass is 35.5. The predicted octanol–water partition coefficient (Wildman–Crippen LogP) is 4.05. The molecular weight excluding hydrogens is 237 g/mol. The van der Waals surface area contributed by atoms with E-state index in [1.54, 1.807) is 6.07 Å². The lowest BCUT2D eigenvalue weighted by Gasteiger charge is -2.15. The summed E-state index contributed by atoms with van der Waals surface area (Å²) in [6.07, 6.45) is 1.96. The van der Waals surface area contributed by atoms with Crippen LogP contribution in [0.1, 0.15) is 32.8 Å². The number of rotatable bonds is 6. The van der Waals surface area contributed by atoms with E-state index in [9.17, 15) is 4.39 Å². The Balaban J connectivity index is 2.39. The summed E-state index contributed by atoms with van der Waals surface area (Å²) in [6.45, 7) is 7.51. The van der Waals surface area contributed by atoms with Crippen molar-refractivity contribution in [1.82, 2.24) is 5.32 Å². The van der Waals surface area contributed by atoms with Crippen LogP contribution in [-0.4, -0.2) is 12.6 Å². The van der Waals surface area contributed by atoms with Gasteiger partial charge in [0, 0.05) is 11.1 Å². The van der Waals surface area contributed by atoms with Crippen LogP contribution in [0.5, 0.6) is 0 Å². The van der Waals surface area contributed by atoms with Crippen LogP contribution in [0.3, 0.4) is 0 Å². The summed E-state index contributed by atoms with van der Waals surface area (Å²) in [7, 11) is 0. The molecule has 0 aromatic heterocycles. The highest BCUT2D eigenvalue weighted by Crippen LogP contribution is 2.20. The van der Waals surface area contributed by atoms with Crippen molar-refractivity contribution in [2.45, 2.75) is 39.7 Å². The summed E-state index contributed by atoms with van der Waals surface area (Å²) >= 11 is 5.98. The fourth-order valence-corrected chi connectivity index (χ4v) is 1.93. The second kappa shape index (κ2) is 6.97. The van der Waals surface area contributed by atoms with E-state index >= 15 is 0 Å². The van der Waals surface area contributed by atoms with Gasteiger partial charge in [0.05, 0.1) is 0 Å². The van der Waals surface area contributed by atoms with Gasteiger partial charge in [-0.05, 0) is 43.0 Å². The molecule has 0 heterocycles. The summed E-state index contributed by atoms with van der Waals surface area (Å²) in [5.74, 6) is 0.326. The van der Waals surface area contributed by atoms with Gasteiger partial charge in [0.25, 0.3) is 0 Å². The first-order chi connectivity index (χ1) is 7.99. The highest BCUT2D eigenvalue weighted by molar-refractivity contribution is 6.31. The highest BCUT2D eigenvalue weighted by Gasteiger charge is 2.06. The predicted molar refractivity (Wildman–Crippen MR) is 72.0 cm³/mol. The van der Waals surface area contributed by atoms with Gasteiger partial charge in [-0.2, -0.15) is 0 Å². The minimum atomic E-state index is -0.270. The van der Waals surface area contributed by atoms with Gasteiger partial charge in [-0.25, -0.2) is 4.39 Å². The third-order valence-electron chi connectivity index (χ3n) is 2.80. The normalized spacial score (nSPS) is 13.1. The molecule has 0 aliphatic heterocycles. The summed E-state index contributed by atoms with van der Waals surface area (Å²) in [5.41, 5.74) is 1.03. The molecule has 1 nitrogen and oxygen atoms in total. The van der Waals surface area contributed by atoms with Crippen LogP contribution in [0.15, 0.2) is 18.2 Å². The Morgan fingerprint density at radius 1 is 1.29 bits per heavy atom. The fourth-order valence-electron chi connectivity index (χ4n) is 1.67. The van der Waals surface area contributed by atoms with E-state index in [4.69, 9.17) is 11.6 Å². The zero-order chi connectivity index (χ0) is 12.8. The number of hydrogen-bond donors (Lipinski definition) is 1. The third kappa shape index (κ3) is 5.51. The van der Waals surface area contributed by atoms with Crippen molar-refractivity contribution < 1.29 is 4.39 Å². The van der Waals surface area contributed by atoms with Gasteiger partial charge in [0.15, 0.2) is 0 Å². The molecule has 0 bridgehead atoms. The van der Waals surface area contributed by atoms with Gasteiger partial charge in [0.1, 0.15) is 5.82 Å². The molecule has 0 spiro atoms. The van der Waals surface area contributed by atoms with Gasteiger partial charge in [-0.15, -0.1) is 0 Å². The van der Waals surface area contributed by atoms with E-state index in [-0.39, 0.29) is 5.82 Å². The monoisotopic (exact) mass is 257 g/mol. The molecule has 0 aliphatic rings. The lowest BCUT2D eigenvalue weighted by atomic mass is 10.0. The van der Waals surface area contributed by atoms with Crippen LogP contribution in [-0.2, 0) is 6.42 Å². The Morgan fingerprint density at radius 3 is 2.59 bits per heavy atom. The van der Waals surface area contributed by atoms with Crippen LogP contribution < -0.4 is 5.32 Å². The van der Waals surface area contributed by atoms with E-state index in [2.05, 4.69) is 26.1 Å². The SMILES string of the molecule is CC(CCc1ccc(F)cc1Cl)CNC(C)C. The average molecular weight is 258 g/mol. The van der Waals surface area contributed by atoms with Crippen LogP contribution in [0.2, 0.25) is 5.02 Å². The molecule has 96 valence electrons. The fraction of sp³-hybridized carbons (Fsp3) is 0.571. The van der Waals surface area contributed by atoms with Crippen LogP contribution in [0, 0.1) is 11.7 Å². The minimum Gasteiger partial charge on any atom is -0.314 e. The lowest BCUT2D eigenvalue weighted by molar-refractivity contribution is 0.453. The summed E-state index contributed by atoms with van der Waals surface area (Å²) < 4.78 is 12.9. The molecule has 0 saturated carbocycles. The van der Waals surface area contributed by atoms with Crippen molar-refractivity contribution in [3.8, 4) is 0 Å². The zero-order valence-corrected chi connectivity index (χ0v) is 11.5. The Bertz CT molecular complexity index is 352. The van der Waals surface area contributed by atoms with Crippen molar-refractivity contribution in [3.05, 3.63) is 34.6 Å². The van der Waals surface area contributed by atoms with Crippen molar-refractivity contribution in [2.75, 3.05) is 6.54 Å². The van der Waals surface area contributed by atoms with E-state index in [0.29, 0.717) is 17.0 Å². The maximum absolute atomic E-state index is 12.9. The van der Waals surface area contributed by atoms with Crippen molar-refractivity contribution in [3.63, 3.8) is 0 Å². The number of nitrogens with one attached hydrogen (secondary N) is 1. The number of aryl methyl sites for hydroxylation is 1. The van der Waals surface area contributed by atoms with Crippen molar-refractivity contribution in [1.29, 1.82) is 0 Å². The van der Waals surface area contributed by atoms with E-state index in [0.717, 1.165) is 24.9 Å². The molecule has 0 saturated heterocycles. The van der Waals surface area contributed by atoms with Crippen LogP contribution in [0.25, 0.3) is 0 Å². The Labute approximate surface area is 108 Å². The summed E-state index contributed by atoms with van der Waals surface area (Å²) in [5, 5.41) is 3.95. The second-order valence-electron chi connectivity index (χ2n) is 4.94. The average Bonchev–Trinajstić information content (AvgIpc) is 2.25. The maximum Gasteiger partial charge on any atom is 0.124 e. The van der Waals surface area contributed by atoms with E-state index in [1.807, 2.05) is 0 Å². The first kappa shape index (κ1) is 14.5. The molecule has 1 N–H and O–H groups in total.